The average Bonchev–Trinajstić information content (AvgIpc) is 2.85. The molecule has 1 atom stereocenters. The summed E-state index contributed by atoms with van der Waals surface area (Å²) in [4.78, 5) is 15.8. The minimum Gasteiger partial charge on any atom is -0.374 e. The minimum absolute atomic E-state index is 0.186. The predicted octanol–water partition coefficient (Wildman–Crippen LogP) is 2.72. The maximum atomic E-state index is 12.7. The van der Waals surface area contributed by atoms with Gasteiger partial charge in [-0.25, -0.2) is 9.37 Å². The highest BCUT2D eigenvalue weighted by Gasteiger charge is 2.13. The molecule has 0 aliphatic heterocycles. The van der Waals surface area contributed by atoms with Crippen molar-refractivity contribution >= 4 is 28.1 Å². The molecule has 1 aromatic carbocycles. The summed E-state index contributed by atoms with van der Waals surface area (Å²) >= 11 is 1.36. The fourth-order valence-electron chi connectivity index (χ4n) is 1.36. The molecule has 0 saturated heterocycles. The molecule has 0 fully saturated rings. The topological polar surface area (TPSA) is 54.0 Å². The molecule has 0 bridgehead atoms. The van der Waals surface area contributed by atoms with E-state index in [9.17, 15) is 9.18 Å². The van der Waals surface area contributed by atoms with Crippen molar-refractivity contribution in [3.63, 3.8) is 0 Å². The van der Waals surface area contributed by atoms with Crippen molar-refractivity contribution in [2.24, 2.45) is 0 Å². The van der Waals surface area contributed by atoms with Crippen LogP contribution in [0.15, 0.2) is 35.8 Å². The van der Waals surface area contributed by atoms with Crippen LogP contribution < -0.4 is 10.6 Å². The molecule has 0 radical (unpaired) electrons. The molecular weight excluding hydrogens is 253 g/mol. The molecule has 1 heterocycles. The highest BCUT2D eigenvalue weighted by Crippen LogP contribution is 2.13. The second-order valence-electron chi connectivity index (χ2n) is 3.70. The third-order valence-corrected chi connectivity index (χ3v) is 2.97. The lowest BCUT2D eigenvalue weighted by Gasteiger charge is -2.14. The van der Waals surface area contributed by atoms with Crippen LogP contribution in [0.1, 0.15) is 6.92 Å². The molecule has 0 spiro atoms. The number of rotatable bonds is 4. The molecule has 6 heteroatoms. The molecule has 2 rings (SSSR count). The minimum atomic E-state index is -0.431. The maximum Gasteiger partial charge on any atom is 0.248 e. The van der Waals surface area contributed by atoms with E-state index in [0.29, 0.717) is 10.8 Å². The standard InChI is InChI=1S/C12H12FN3OS/c1-8(11(17)16-12-14-6-7-18-12)15-10-4-2-9(13)3-5-10/h2-8,15H,1H3,(H,14,16,17)/t8-/m1/s1. The highest BCUT2D eigenvalue weighted by atomic mass is 32.1. The van der Waals surface area contributed by atoms with Crippen LogP contribution in [0.3, 0.4) is 0 Å². The van der Waals surface area contributed by atoms with Gasteiger partial charge >= 0.3 is 0 Å². The summed E-state index contributed by atoms with van der Waals surface area (Å²) in [7, 11) is 0. The van der Waals surface area contributed by atoms with E-state index in [1.165, 1.54) is 23.5 Å². The first-order chi connectivity index (χ1) is 8.65. The first-order valence-corrected chi connectivity index (χ1v) is 6.25. The first kappa shape index (κ1) is 12.5. The van der Waals surface area contributed by atoms with E-state index < -0.39 is 6.04 Å². The Bertz CT molecular complexity index is 513. The van der Waals surface area contributed by atoms with Crippen LogP contribution in [0.25, 0.3) is 0 Å². The number of carbonyl (C=O) groups excluding carboxylic acids is 1. The molecule has 1 aromatic heterocycles. The van der Waals surface area contributed by atoms with Crippen molar-refractivity contribution in [2.75, 3.05) is 10.6 Å². The molecule has 0 aliphatic rings. The van der Waals surface area contributed by atoms with Crippen LogP contribution in [0.4, 0.5) is 15.2 Å². The van der Waals surface area contributed by atoms with E-state index in [4.69, 9.17) is 0 Å². The van der Waals surface area contributed by atoms with Gasteiger partial charge in [-0.1, -0.05) is 0 Å². The van der Waals surface area contributed by atoms with Crippen LogP contribution in [0.5, 0.6) is 0 Å². The predicted molar refractivity (Wildman–Crippen MR) is 70.2 cm³/mol. The number of hydrogen-bond donors (Lipinski definition) is 2. The summed E-state index contributed by atoms with van der Waals surface area (Å²) in [5, 5.41) is 8.01. The summed E-state index contributed by atoms with van der Waals surface area (Å²) < 4.78 is 12.7. The van der Waals surface area contributed by atoms with Gasteiger partial charge < -0.3 is 10.6 Å². The van der Waals surface area contributed by atoms with Gasteiger partial charge in [-0.05, 0) is 31.2 Å². The summed E-state index contributed by atoms with van der Waals surface area (Å²) in [5.41, 5.74) is 0.693. The molecule has 4 nitrogen and oxygen atoms in total. The maximum absolute atomic E-state index is 12.7. The summed E-state index contributed by atoms with van der Waals surface area (Å²) in [6, 6.07) is 5.42. The van der Waals surface area contributed by atoms with Gasteiger partial charge in [0.1, 0.15) is 11.9 Å². The highest BCUT2D eigenvalue weighted by molar-refractivity contribution is 7.13. The Labute approximate surface area is 108 Å². The van der Waals surface area contributed by atoms with Gasteiger partial charge in [0.05, 0.1) is 0 Å². The van der Waals surface area contributed by atoms with Crippen molar-refractivity contribution in [3.05, 3.63) is 41.7 Å². The molecular formula is C12H12FN3OS. The van der Waals surface area contributed by atoms with Crippen LogP contribution in [-0.4, -0.2) is 16.9 Å². The zero-order valence-corrected chi connectivity index (χ0v) is 10.5. The van der Waals surface area contributed by atoms with Gasteiger partial charge in [0.2, 0.25) is 5.91 Å². The molecule has 18 heavy (non-hydrogen) atoms. The number of aromatic nitrogens is 1. The van der Waals surface area contributed by atoms with E-state index in [2.05, 4.69) is 15.6 Å². The molecule has 0 aliphatic carbocycles. The Kier molecular flexibility index (Phi) is 3.88. The number of nitrogens with zero attached hydrogens (tertiary/aromatic N) is 1. The largest absolute Gasteiger partial charge is 0.374 e. The Morgan fingerprint density at radius 3 is 2.72 bits per heavy atom. The fourth-order valence-corrected chi connectivity index (χ4v) is 1.89. The first-order valence-electron chi connectivity index (χ1n) is 5.37. The lowest BCUT2D eigenvalue weighted by molar-refractivity contribution is -0.116. The lowest BCUT2D eigenvalue weighted by Crippen LogP contribution is -2.31. The Morgan fingerprint density at radius 2 is 2.11 bits per heavy atom. The van der Waals surface area contributed by atoms with Gasteiger partial charge in [-0.3, -0.25) is 4.79 Å². The molecule has 0 saturated carbocycles. The van der Waals surface area contributed by atoms with Crippen molar-refractivity contribution < 1.29 is 9.18 Å². The number of thiazole rings is 1. The quantitative estimate of drug-likeness (QED) is 0.893. The summed E-state index contributed by atoms with van der Waals surface area (Å²) in [5.74, 6) is -0.491. The zero-order valence-electron chi connectivity index (χ0n) is 9.68. The van der Waals surface area contributed by atoms with Crippen LogP contribution in [-0.2, 0) is 4.79 Å². The van der Waals surface area contributed by atoms with Crippen molar-refractivity contribution in [1.82, 2.24) is 4.98 Å². The second kappa shape index (κ2) is 5.59. The van der Waals surface area contributed by atoms with Crippen LogP contribution in [0, 0.1) is 5.82 Å². The summed E-state index contributed by atoms with van der Waals surface area (Å²) in [6.45, 7) is 1.73. The van der Waals surface area contributed by atoms with E-state index in [0.717, 1.165) is 0 Å². The van der Waals surface area contributed by atoms with Crippen molar-refractivity contribution in [1.29, 1.82) is 0 Å². The van der Waals surface area contributed by atoms with Gasteiger partial charge in [0, 0.05) is 17.3 Å². The van der Waals surface area contributed by atoms with E-state index in [1.807, 2.05) is 0 Å². The smallest absolute Gasteiger partial charge is 0.248 e. The molecule has 2 aromatic rings. The lowest BCUT2D eigenvalue weighted by atomic mass is 10.2. The summed E-state index contributed by atoms with van der Waals surface area (Å²) in [6.07, 6.45) is 1.62. The second-order valence-corrected chi connectivity index (χ2v) is 4.59. The van der Waals surface area contributed by atoms with E-state index in [1.54, 1.807) is 30.6 Å². The normalized spacial score (nSPS) is 11.9. The monoisotopic (exact) mass is 265 g/mol. The fraction of sp³-hybridized carbons (Fsp3) is 0.167. The van der Waals surface area contributed by atoms with Gasteiger partial charge in [-0.2, -0.15) is 0 Å². The number of benzene rings is 1. The number of hydrogen-bond acceptors (Lipinski definition) is 4. The molecule has 0 unspecified atom stereocenters. The van der Waals surface area contributed by atoms with Crippen LogP contribution in [0.2, 0.25) is 0 Å². The number of nitrogens with one attached hydrogen (secondary N) is 2. The number of halogens is 1. The van der Waals surface area contributed by atoms with Crippen molar-refractivity contribution in [3.8, 4) is 0 Å². The average molecular weight is 265 g/mol. The van der Waals surface area contributed by atoms with Crippen LogP contribution >= 0.6 is 11.3 Å². The Balaban J connectivity index is 1.93. The Morgan fingerprint density at radius 1 is 1.39 bits per heavy atom. The van der Waals surface area contributed by atoms with Gasteiger partial charge in [0.15, 0.2) is 5.13 Å². The van der Waals surface area contributed by atoms with Gasteiger partial charge in [0.25, 0.3) is 0 Å². The zero-order chi connectivity index (χ0) is 13.0. The van der Waals surface area contributed by atoms with E-state index >= 15 is 0 Å². The number of anilines is 2. The SMILES string of the molecule is C[C@@H](Nc1ccc(F)cc1)C(=O)Nc1nccs1. The van der Waals surface area contributed by atoms with Crippen molar-refractivity contribution in [2.45, 2.75) is 13.0 Å². The van der Waals surface area contributed by atoms with E-state index in [-0.39, 0.29) is 11.7 Å². The molecule has 2 N–H and O–H groups in total. The Hall–Kier alpha value is -1.95. The number of carbonyl (C=O) groups is 1. The molecule has 1 amide bonds. The van der Waals surface area contributed by atoms with Gasteiger partial charge in [-0.15, -0.1) is 11.3 Å². The third-order valence-electron chi connectivity index (χ3n) is 2.28. The third kappa shape index (κ3) is 3.27. The molecule has 94 valence electrons. The number of amides is 1.